The lowest BCUT2D eigenvalue weighted by atomic mass is 9.86. The fraction of sp³-hybridized carbons (Fsp3) is 0.258. The van der Waals surface area contributed by atoms with Crippen molar-refractivity contribution in [1.82, 2.24) is 3.97 Å². The van der Waals surface area contributed by atoms with Crippen LogP contribution >= 0.6 is 0 Å². The van der Waals surface area contributed by atoms with Crippen LogP contribution in [0.25, 0.3) is 17.0 Å². The van der Waals surface area contributed by atoms with Gasteiger partial charge in [0.05, 0.1) is 22.4 Å². The van der Waals surface area contributed by atoms with E-state index in [-0.39, 0.29) is 33.3 Å². The van der Waals surface area contributed by atoms with E-state index in [1.807, 2.05) is 24.3 Å². The van der Waals surface area contributed by atoms with Crippen LogP contribution in [0.2, 0.25) is 0 Å². The summed E-state index contributed by atoms with van der Waals surface area (Å²) in [5.41, 5.74) is 2.08. The van der Waals surface area contributed by atoms with E-state index in [4.69, 9.17) is 0 Å². The van der Waals surface area contributed by atoms with Gasteiger partial charge in [-0.25, -0.2) is 17.2 Å². The molecule has 5 nitrogen and oxygen atoms in total. The molecule has 0 amide bonds. The van der Waals surface area contributed by atoms with Gasteiger partial charge in [-0.1, -0.05) is 76.2 Å². The van der Waals surface area contributed by atoms with Crippen LogP contribution in [-0.2, 0) is 21.6 Å². The molecule has 1 heterocycles. The number of carbonyl (C=O) groups is 1. The summed E-state index contributed by atoms with van der Waals surface area (Å²) in [6.07, 6.45) is -1.34. The van der Waals surface area contributed by atoms with Gasteiger partial charge in [-0.15, -0.1) is 0 Å². The van der Waals surface area contributed by atoms with Crippen molar-refractivity contribution >= 4 is 33.0 Å². The smallest absolute Gasteiger partial charge is 0.416 e. The Labute approximate surface area is 231 Å². The summed E-state index contributed by atoms with van der Waals surface area (Å²) in [4.78, 5) is 11.3. The van der Waals surface area contributed by atoms with Gasteiger partial charge >= 0.3 is 12.1 Å². The standard InChI is InChI=1S/C31H30F3NO4S/c1-20(22-10-12-23(13-11-22)29(36)37)28-19-24-18-26(31(32,33)34)14-15-27(24)35(28)40(38,39)16-6-8-21-7-5-9-25(17-21)30(2,3)4/h5-15,17-20H,16H2,1-4H3,(H,36,37). The number of benzene rings is 3. The summed E-state index contributed by atoms with van der Waals surface area (Å²) in [5.74, 6) is -2.04. The number of halogens is 3. The van der Waals surface area contributed by atoms with Gasteiger partial charge in [0.2, 0.25) is 10.0 Å². The molecule has 40 heavy (non-hydrogen) atoms. The second-order valence-corrected chi connectivity index (χ2v) is 12.7. The van der Waals surface area contributed by atoms with E-state index in [2.05, 4.69) is 20.8 Å². The lowest BCUT2D eigenvalue weighted by Crippen LogP contribution is -2.19. The maximum atomic E-state index is 13.7. The first-order valence-corrected chi connectivity index (χ1v) is 14.2. The largest absolute Gasteiger partial charge is 0.478 e. The molecule has 0 radical (unpaired) electrons. The Morgan fingerprint density at radius 2 is 1.62 bits per heavy atom. The molecule has 9 heteroatoms. The van der Waals surface area contributed by atoms with Crippen LogP contribution in [-0.4, -0.2) is 29.2 Å². The normalized spacial score (nSPS) is 13.7. The Bertz CT molecular complexity index is 1690. The molecule has 0 aliphatic heterocycles. The highest BCUT2D eigenvalue weighted by atomic mass is 32.2. The van der Waals surface area contributed by atoms with Gasteiger partial charge < -0.3 is 5.11 Å². The minimum Gasteiger partial charge on any atom is -0.478 e. The van der Waals surface area contributed by atoms with Crippen molar-refractivity contribution in [3.8, 4) is 0 Å². The minimum absolute atomic E-state index is 0.0691. The SMILES string of the molecule is CC(c1ccc(C(=O)O)cc1)c1cc2cc(C(F)(F)F)ccc2n1S(=O)(=O)CC=Cc1cccc(C(C)(C)C)c1. The minimum atomic E-state index is -4.59. The predicted molar refractivity (Wildman–Crippen MR) is 151 cm³/mol. The molecule has 3 aromatic carbocycles. The van der Waals surface area contributed by atoms with E-state index in [1.165, 1.54) is 30.3 Å². The van der Waals surface area contributed by atoms with E-state index >= 15 is 0 Å². The van der Waals surface area contributed by atoms with Crippen LogP contribution in [0, 0.1) is 0 Å². The zero-order valence-electron chi connectivity index (χ0n) is 22.5. The fourth-order valence-electron chi connectivity index (χ4n) is 4.57. The molecular formula is C31H30F3NO4S. The Balaban J connectivity index is 1.78. The quantitative estimate of drug-likeness (QED) is 0.247. The number of aromatic nitrogens is 1. The van der Waals surface area contributed by atoms with Crippen molar-refractivity contribution in [2.45, 2.75) is 45.2 Å². The number of nitrogens with zero attached hydrogens (tertiary/aromatic N) is 1. The van der Waals surface area contributed by atoms with Crippen molar-refractivity contribution in [3.05, 3.63) is 112 Å². The van der Waals surface area contributed by atoms with Gasteiger partial charge in [-0.2, -0.15) is 13.2 Å². The van der Waals surface area contributed by atoms with Crippen LogP contribution in [0.4, 0.5) is 13.2 Å². The van der Waals surface area contributed by atoms with E-state index < -0.39 is 33.7 Å². The number of carboxylic acids is 1. The first kappa shape index (κ1) is 29.1. The molecule has 0 bridgehead atoms. The lowest BCUT2D eigenvalue weighted by Gasteiger charge is -2.19. The van der Waals surface area contributed by atoms with Crippen LogP contribution in [0.1, 0.15) is 71.9 Å². The lowest BCUT2D eigenvalue weighted by molar-refractivity contribution is -0.137. The second-order valence-electron chi connectivity index (χ2n) is 10.8. The molecule has 1 aromatic heterocycles. The Morgan fingerprint density at radius 1 is 0.950 bits per heavy atom. The van der Waals surface area contributed by atoms with Gasteiger partial charge in [-0.3, -0.25) is 0 Å². The predicted octanol–water partition coefficient (Wildman–Crippen LogP) is 7.70. The highest BCUT2D eigenvalue weighted by Gasteiger charge is 2.32. The molecular weight excluding hydrogens is 539 g/mol. The number of hydrogen-bond acceptors (Lipinski definition) is 3. The highest BCUT2D eigenvalue weighted by molar-refractivity contribution is 7.90. The van der Waals surface area contributed by atoms with Crippen molar-refractivity contribution in [3.63, 3.8) is 0 Å². The van der Waals surface area contributed by atoms with Gasteiger partial charge in [0.1, 0.15) is 0 Å². The number of hydrogen-bond donors (Lipinski definition) is 1. The summed E-state index contributed by atoms with van der Waals surface area (Å²) in [5, 5.41) is 9.35. The summed E-state index contributed by atoms with van der Waals surface area (Å²) in [6.45, 7) is 7.98. The summed E-state index contributed by atoms with van der Waals surface area (Å²) in [7, 11) is -4.05. The summed E-state index contributed by atoms with van der Waals surface area (Å²) >= 11 is 0. The van der Waals surface area contributed by atoms with Gasteiger partial charge in [0.15, 0.2) is 0 Å². The zero-order valence-corrected chi connectivity index (χ0v) is 23.3. The van der Waals surface area contributed by atoms with Crippen molar-refractivity contribution in [2.75, 3.05) is 5.75 Å². The number of fused-ring (bicyclic) bond motifs is 1. The third-order valence-corrected chi connectivity index (χ3v) is 8.44. The molecule has 0 spiro atoms. The second kappa shape index (κ2) is 10.6. The van der Waals surface area contributed by atoms with Crippen molar-refractivity contribution < 1.29 is 31.5 Å². The summed E-state index contributed by atoms with van der Waals surface area (Å²) in [6, 6.07) is 18.2. The van der Waals surface area contributed by atoms with E-state index in [1.54, 1.807) is 25.1 Å². The zero-order chi connectivity index (χ0) is 29.5. The monoisotopic (exact) mass is 569 g/mol. The first-order chi connectivity index (χ1) is 18.6. The maximum absolute atomic E-state index is 13.7. The molecule has 0 aliphatic rings. The number of carboxylic acid groups (broad SMARTS) is 1. The number of aromatic carboxylic acids is 1. The summed E-state index contributed by atoms with van der Waals surface area (Å²) < 4.78 is 68.8. The molecule has 1 N–H and O–H groups in total. The number of rotatable bonds is 7. The van der Waals surface area contributed by atoms with E-state index in [0.29, 0.717) is 5.56 Å². The first-order valence-electron chi connectivity index (χ1n) is 12.6. The molecule has 1 unspecified atom stereocenters. The molecule has 4 rings (SSSR count). The molecule has 0 fully saturated rings. The van der Waals surface area contributed by atoms with Crippen LogP contribution < -0.4 is 0 Å². The van der Waals surface area contributed by atoms with E-state index in [9.17, 15) is 31.5 Å². The Hall–Kier alpha value is -3.85. The fourth-order valence-corrected chi connectivity index (χ4v) is 6.06. The van der Waals surface area contributed by atoms with Crippen LogP contribution in [0.3, 0.4) is 0 Å². The molecule has 0 saturated carbocycles. The van der Waals surface area contributed by atoms with Gasteiger partial charge in [0.25, 0.3) is 0 Å². The van der Waals surface area contributed by atoms with Crippen molar-refractivity contribution in [2.24, 2.45) is 0 Å². The van der Waals surface area contributed by atoms with E-state index in [0.717, 1.165) is 27.2 Å². The highest BCUT2D eigenvalue weighted by Crippen LogP contribution is 2.36. The van der Waals surface area contributed by atoms with Crippen molar-refractivity contribution in [1.29, 1.82) is 0 Å². The van der Waals surface area contributed by atoms with Crippen LogP contribution in [0.15, 0.2) is 78.9 Å². The molecule has 210 valence electrons. The van der Waals surface area contributed by atoms with Gasteiger partial charge in [-0.05, 0) is 58.5 Å². The molecule has 0 aliphatic carbocycles. The third kappa shape index (κ3) is 6.14. The molecule has 0 saturated heterocycles. The Morgan fingerprint density at radius 3 is 2.23 bits per heavy atom. The number of alkyl halides is 3. The third-order valence-electron chi connectivity index (χ3n) is 6.86. The molecule has 1 atom stereocenters. The topological polar surface area (TPSA) is 76.4 Å². The molecule has 4 aromatic rings. The van der Waals surface area contributed by atoms with Gasteiger partial charge in [0, 0.05) is 17.0 Å². The average Bonchev–Trinajstić information content (AvgIpc) is 3.27. The maximum Gasteiger partial charge on any atom is 0.416 e. The Kier molecular flexibility index (Phi) is 7.73. The van der Waals surface area contributed by atoms with Crippen LogP contribution in [0.5, 0.6) is 0 Å². The average molecular weight is 570 g/mol.